The molecule has 0 N–H and O–H groups in total. The van der Waals surface area contributed by atoms with Crippen molar-refractivity contribution in [1.29, 1.82) is 0 Å². The molecular weight excluding hydrogens is 252 g/mol. The summed E-state index contributed by atoms with van der Waals surface area (Å²) in [7, 11) is 0. The number of hydrogen-bond acceptors (Lipinski definition) is 3. The predicted octanol–water partition coefficient (Wildman–Crippen LogP) is 5.59. The summed E-state index contributed by atoms with van der Waals surface area (Å²) in [5, 5.41) is 5.00. The van der Waals surface area contributed by atoms with E-state index in [0.29, 0.717) is 5.25 Å². The van der Waals surface area contributed by atoms with Gasteiger partial charge >= 0.3 is 0 Å². The zero-order valence-corrected chi connectivity index (χ0v) is 12.5. The second-order valence-corrected chi connectivity index (χ2v) is 6.75. The van der Waals surface area contributed by atoms with Crippen molar-refractivity contribution in [3.63, 3.8) is 0 Å². The van der Waals surface area contributed by atoms with Gasteiger partial charge < -0.3 is 0 Å². The molecule has 1 atom stereocenters. The predicted molar refractivity (Wildman–Crippen MR) is 81.7 cm³/mol. The fourth-order valence-corrected chi connectivity index (χ4v) is 3.96. The van der Waals surface area contributed by atoms with Crippen LogP contribution in [0.1, 0.15) is 36.8 Å². The first kappa shape index (κ1) is 14.2. The third kappa shape index (κ3) is 5.46. The minimum atomic E-state index is 0.560. The van der Waals surface area contributed by atoms with Gasteiger partial charge in [-0.1, -0.05) is 26.0 Å². The van der Waals surface area contributed by atoms with Gasteiger partial charge in [0.15, 0.2) is 0 Å². The fraction of sp³-hybridized carbons (Fsp3) is 0.538. The summed E-state index contributed by atoms with van der Waals surface area (Å²) >= 11 is 5.83. The highest BCUT2D eigenvalue weighted by molar-refractivity contribution is 8.02. The summed E-state index contributed by atoms with van der Waals surface area (Å²) in [6, 6.07) is 4.39. The lowest BCUT2D eigenvalue weighted by atomic mass is 10.3. The lowest BCUT2D eigenvalue weighted by Crippen LogP contribution is -1.87. The molecule has 3 heteroatoms. The molecule has 0 aliphatic rings. The van der Waals surface area contributed by atoms with Gasteiger partial charge in [-0.3, -0.25) is 0 Å². The number of thiophene rings is 1. The van der Waals surface area contributed by atoms with Gasteiger partial charge in [0, 0.05) is 4.88 Å². The molecule has 0 saturated heterocycles. The molecule has 1 aromatic rings. The first-order valence-corrected chi connectivity index (χ1v) is 8.79. The minimum Gasteiger partial charge on any atom is -0.149 e. The molecule has 0 nitrogen and oxygen atoms in total. The maximum Gasteiger partial charge on any atom is 0.0578 e. The van der Waals surface area contributed by atoms with E-state index in [1.807, 2.05) is 34.9 Å². The van der Waals surface area contributed by atoms with E-state index >= 15 is 0 Å². The monoisotopic (exact) mass is 272 g/mol. The summed E-state index contributed by atoms with van der Waals surface area (Å²) in [4.78, 5) is 1.48. The molecule has 0 saturated carbocycles. The Kier molecular flexibility index (Phi) is 8.17. The van der Waals surface area contributed by atoms with Crippen LogP contribution in [0, 0.1) is 0 Å². The second-order valence-electron chi connectivity index (χ2n) is 3.51. The Labute approximate surface area is 112 Å². The third-order valence-electron chi connectivity index (χ3n) is 2.00. The van der Waals surface area contributed by atoms with Crippen molar-refractivity contribution in [2.45, 2.75) is 31.9 Å². The lowest BCUT2D eigenvalue weighted by Gasteiger charge is -2.09. The van der Waals surface area contributed by atoms with Gasteiger partial charge in [0.05, 0.1) is 5.25 Å². The van der Waals surface area contributed by atoms with Crippen LogP contribution in [0.3, 0.4) is 0 Å². The summed E-state index contributed by atoms with van der Waals surface area (Å²) in [5.41, 5.74) is 0. The number of hydrogen-bond donors (Lipinski definition) is 0. The van der Waals surface area contributed by atoms with Crippen molar-refractivity contribution < 1.29 is 0 Å². The average molecular weight is 273 g/mol. The first-order valence-electron chi connectivity index (χ1n) is 5.81. The highest BCUT2D eigenvalue weighted by Gasteiger charge is 2.08. The highest BCUT2D eigenvalue weighted by atomic mass is 32.2. The smallest absolute Gasteiger partial charge is 0.0578 e. The molecule has 1 aromatic heterocycles. The van der Waals surface area contributed by atoms with Gasteiger partial charge in [-0.2, -0.15) is 0 Å². The van der Waals surface area contributed by atoms with E-state index in [9.17, 15) is 0 Å². The van der Waals surface area contributed by atoms with Gasteiger partial charge in [0.25, 0.3) is 0 Å². The van der Waals surface area contributed by atoms with Crippen molar-refractivity contribution in [3.8, 4) is 0 Å². The number of rotatable bonds is 8. The molecule has 0 amide bonds. The zero-order chi connectivity index (χ0) is 11.6. The molecule has 0 radical (unpaired) electrons. The van der Waals surface area contributed by atoms with E-state index in [1.54, 1.807) is 0 Å². The van der Waals surface area contributed by atoms with Crippen LogP contribution < -0.4 is 0 Å². The van der Waals surface area contributed by atoms with Crippen molar-refractivity contribution in [2.75, 3.05) is 11.5 Å². The molecule has 0 aromatic carbocycles. The molecular formula is C13H20S3. The van der Waals surface area contributed by atoms with Gasteiger partial charge in [-0.15, -0.1) is 34.9 Å². The van der Waals surface area contributed by atoms with Crippen LogP contribution in [0.25, 0.3) is 0 Å². The Morgan fingerprint density at radius 3 is 2.75 bits per heavy atom. The van der Waals surface area contributed by atoms with Crippen LogP contribution >= 0.6 is 34.9 Å². The Balaban J connectivity index is 2.47. The van der Waals surface area contributed by atoms with Crippen molar-refractivity contribution in [2.24, 2.45) is 0 Å². The quantitative estimate of drug-likeness (QED) is 0.566. The first-order chi connectivity index (χ1) is 7.88. The minimum absolute atomic E-state index is 0.560. The van der Waals surface area contributed by atoms with Crippen LogP contribution in [0.15, 0.2) is 29.0 Å². The standard InChI is InChI=1S/C13H20S3/c1-3-8-14-11-7-13(15-9-4-2)12-6-5-10-16-12/h5-7,10-11,13H,3-4,8-9H2,1-2H3/b11-7+. The van der Waals surface area contributed by atoms with Crippen LogP contribution in [-0.2, 0) is 0 Å². The van der Waals surface area contributed by atoms with E-state index in [1.165, 1.54) is 29.2 Å². The Bertz CT molecular complexity index is 277. The molecule has 0 bridgehead atoms. The van der Waals surface area contributed by atoms with Crippen molar-refractivity contribution in [1.82, 2.24) is 0 Å². The maximum absolute atomic E-state index is 2.35. The average Bonchev–Trinajstić information content (AvgIpc) is 2.82. The Morgan fingerprint density at radius 1 is 1.31 bits per heavy atom. The van der Waals surface area contributed by atoms with E-state index in [-0.39, 0.29) is 0 Å². The van der Waals surface area contributed by atoms with E-state index in [2.05, 4.69) is 42.8 Å². The maximum atomic E-state index is 2.35. The van der Waals surface area contributed by atoms with Gasteiger partial charge in [-0.25, -0.2) is 0 Å². The van der Waals surface area contributed by atoms with Crippen LogP contribution in [-0.4, -0.2) is 11.5 Å². The van der Waals surface area contributed by atoms with E-state index in [4.69, 9.17) is 0 Å². The normalized spacial score (nSPS) is 13.4. The highest BCUT2D eigenvalue weighted by Crippen LogP contribution is 2.34. The Hall–Kier alpha value is 0.140. The summed E-state index contributed by atoms with van der Waals surface area (Å²) in [6.07, 6.45) is 4.86. The topological polar surface area (TPSA) is 0 Å². The molecule has 16 heavy (non-hydrogen) atoms. The molecule has 1 rings (SSSR count). The molecule has 90 valence electrons. The second kappa shape index (κ2) is 9.20. The number of thioether (sulfide) groups is 2. The molecule has 0 aliphatic heterocycles. The Morgan fingerprint density at radius 2 is 2.12 bits per heavy atom. The zero-order valence-electron chi connectivity index (χ0n) is 10.0. The van der Waals surface area contributed by atoms with E-state index in [0.717, 1.165) is 0 Å². The van der Waals surface area contributed by atoms with Gasteiger partial charge in [0.2, 0.25) is 0 Å². The van der Waals surface area contributed by atoms with E-state index < -0.39 is 0 Å². The van der Waals surface area contributed by atoms with Crippen LogP contribution in [0.4, 0.5) is 0 Å². The van der Waals surface area contributed by atoms with Gasteiger partial charge in [-0.05, 0) is 41.2 Å². The van der Waals surface area contributed by atoms with Crippen LogP contribution in [0.2, 0.25) is 0 Å². The molecule has 1 heterocycles. The summed E-state index contributed by atoms with van der Waals surface area (Å²) in [6.45, 7) is 4.47. The summed E-state index contributed by atoms with van der Waals surface area (Å²) < 4.78 is 0. The molecule has 0 fully saturated rings. The van der Waals surface area contributed by atoms with Gasteiger partial charge in [0.1, 0.15) is 0 Å². The third-order valence-corrected chi connectivity index (χ3v) is 5.51. The van der Waals surface area contributed by atoms with Crippen molar-refractivity contribution >= 4 is 34.9 Å². The fourth-order valence-electron chi connectivity index (χ4n) is 1.24. The molecule has 0 spiro atoms. The largest absolute Gasteiger partial charge is 0.149 e. The summed E-state index contributed by atoms with van der Waals surface area (Å²) in [5.74, 6) is 2.47. The SMILES string of the molecule is CCCS/C=C/C(SCCC)c1cccs1. The lowest BCUT2D eigenvalue weighted by molar-refractivity contribution is 1.10. The van der Waals surface area contributed by atoms with Crippen LogP contribution in [0.5, 0.6) is 0 Å². The molecule has 0 aliphatic carbocycles. The molecule has 1 unspecified atom stereocenters. The van der Waals surface area contributed by atoms with Crippen molar-refractivity contribution in [3.05, 3.63) is 33.9 Å².